The van der Waals surface area contributed by atoms with Gasteiger partial charge in [-0.05, 0) is 25.1 Å². The highest BCUT2D eigenvalue weighted by Crippen LogP contribution is 2.32. The summed E-state index contributed by atoms with van der Waals surface area (Å²) in [5.74, 6) is 0.428. The van der Waals surface area contributed by atoms with E-state index >= 15 is 0 Å². The van der Waals surface area contributed by atoms with Gasteiger partial charge in [0, 0.05) is 23.2 Å². The Bertz CT molecular complexity index is 598. The van der Waals surface area contributed by atoms with Crippen molar-refractivity contribution in [3.05, 3.63) is 34.3 Å². The third-order valence-electron chi connectivity index (χ3n) is 2.40. The number of Topliss-reactive ketones (excluding diaryl/α,β-unsaturated/α-hetero) is 1. The molecule has 2 aromatic rings. The molecule has 0 aliphatic heterocycles. The van der Waals surface area contributed by atoms with E-state index in [4.69, 9.17) is 22.1 Å². The van der Waals surface area contributed by atoms with Crippen LogP contribution in [-0.2, 0) is 0 Å². The van der Waals surface area contributed by atoms with Crippen LogP contribution in [-0.4, -0.2) is 23.9 Å². The fourth-order valence-corrected chi connectivity index (χ4v) is 2.61. The molecule has 0 unspecified atom stereocenters. The Labute approximate surface area is 120 Å². The first-order valence-corrected chi connectivity index (χ1v) is 6.91. The van der Waals surface area contributed by atoms with Crippen molar-refractivity contribution in [2.45, 2.75) is 6.92 Å². The normalized spacial score (nSPS) is 10.5. The highest BCUT2D eigenvalue weighted by molar-refractivity contribution is 7.17. The van der Waals surface area contributed by atoms with E-state index in [-0.39, 0.29) is 5.78 Å². The molecular formula is C13H13ClN2O2S. The molecule has 100 valence electrons. The van der Waals surface area contributed by atoms with Crippen LogP contribution in [0.5, 0.6) is 5.88 Å². The number of ketones is 1. The zero-order chi connectivity index (χ0) is 13.8. The summed E-state index contributed by atoms with van der Waals surface area (Å²) >= 11 is 7.51. The standard InChI is InChI=1S/C13H13ClN2O2S/c1-8(17)11-2-3-12(19-11)9-6-10(14)13(16-7-9)18-5-4-15/h2-3,6-7H,4-5,15H2,1H3. The van der Waals surface area contributed by atoms with Crippen molar-refractivity contribution in [1.82, 2.24) is 4.98 Å². The van der Waals surface area contributed by atoms with Crippen LogP contribution in [0.1, 0.15) is 16.6 Å². The number of thiophene rings is 1. The van der Waals surface area contributed by atoms with E-state index in [0.717, 1.165) is 15.3 Å². The van der Waals surface area contributed by atoms with E-state index < -0.39 is 0 Å². The lowest BCUT2D eigenvalue weighted by atomic mass is 10.2. The summed E-state index contributed by atoms with van der Waals surface area (Å²) in [7, 11) is 0. The third-order valence-corrected chi connectivity index (χ3v) is 3.91. The first kappa shape index (κ1) is 14.0. The fourth-order valence-electron chi connectivity index (χ4n) is 1.50. The van der Waals surface area contributed by atoms with E-state index in [1.807, 2.05) is 6.07 Å². The summed E-state index contributed by atoms with van der Waals surface area (Å²) in [5, 5.41) is 0.434. The predicted octanol–water partition coefficient (Wildman–Crippen LogP) is 3.00. The molecule has 6 heteroatoms. The maximum Gasteiger partial charge on any atom is 0.232 e. The van der Waals surface area contributed by atoms with Gasteiger partial charge in [-0.15, -0.1) is 11.3 Å². The smallest absolute Gasteiger partial charge is 0.232 e. The molecule has 0 bridgehead atoms. The number of halogens is 1. The summed E-state index contributed by atoms with van der Waals surface area (Å²) < 4.78 is 5.30. The van der Waals surface area contributed by atoms with Gasteiger partial charge >= 0.3 is 0 Å². The van der Waals surface area contributed by atoms with Crippen molar-refractivity contribution in [2.75, 3.05) is 13.2 Å². The zero-order valence-electron chi connectivity index (χ0n) is 10.4. The fraction of sp³-hybridized carbons (Fsp3) is 0.231. The molecule has 0 saturated carbocycles. The second kappa shape index (κ2) is 6.14. The van der Waals surface area contributed by atoms with Crippen molar-refractivity contribution in [3.63, 3.8) is 0 Å². The highest BCUT2D eigenvalue weighted by atomic mass is 35.5. The number of carbonyl (C=O) groups is 1. The first-order valence-electron chi connectivity index (χ1n) is 5.71. The highest BCUT2D eigenvalue weighted by Gasteiger charge is 2.10. The minimum atomic E-state index is 0.0539. The molecule has 0 aromatic carbocycles. The quantitative estimate of drug-likeness (QED) is 0.861. The topological polar surface area (TPSA) is 65.2 Å². The second-order valence-corrected chi connectivity index (χ2v) is 5.36. The maximum atomic E-state index is 11.3. The van der Waals surface area contributed by atoms with Gasteiger partial charge in [-0.25, -0.2) is 4.98 Å². The maximum absolute atomic E-state index is 11.3. The van der Waals surface area contributed by atoms with Gasteiger partial charge in [-0.3, -0.25) is 4.79 Å². The van der Waals surface area contributed by atoms with Crippen LogP contribution in [0.3, 0.4) is 0 Å². The molecule has 4 nitrogen and oxygen atoms in total. The Morgan fingerprint density at radius 2 is 2.32 bits per heavy atom. The molecule has 0 aliphatic rings. The minimum absolute atomic E-state index is 0.0539. The number of ether oxygens (including phenoxy) is 1. The number of pyridine rings is 1. The zero-order valence-corrected chi connectivity index (χ0v) is 11.9. The van der Waals surface area contributed by atoms with Crippen LogP contribution in [0.15, 0.2) is 24.4 Å². The number of aromatic nitrogens is 1. The summed E-state index contributed by atoms with van der Waals surface area (Å²) in [6.45, 7) is 2.33. The van der Waals surface area contributed by atoms with Gasteiger partial charge in [0.1, 0.15) is 11.6 Å². The van der Waals surface area contributed by atoms with E-state index in [2.05, 4.69) is 4.98 Å². The molecule has 19 heavy (non-hydrogen) atoms. The summed E-state index contributed by atoms with van der Waals surface area (Å²) in [5.41, 5.74) is 6.22. The summed E-state index contributed by atoms with van der Waals surface area (Å²) in [6.07, 6.45) is 1.67. The average Bonchev–Trinajstić information content (AvgIpc) is 2.87. The largest absolute Gasteiger partial charge is 0.475 e. The number of hydrogen-bond donors (Lipinski definition) is 1. The van der Waals surface area contributed by atoms with Gasteiger partial charge in [0.2, 0.25) is 5.88 Å². The van der Waals surface area contributed by atoms with E-state index in [9.17, 15) is 4.79 Å². The van der Waals surface area contributed by atoms with Crippen LogP contribution in [0, 0.1) is 0 Å². The van der Waals surface area contributed by atoms with Gasteiger partial charge in [-0.2, -0.15) is 0 Å². The average molecular weight is 297 g/mol. The SMILES string of the molecule is CC(=O)c1ccc(-c2cnc(OCCN)c(Cl)c2)s1. The van der Waals surface area contributed by atoms with Crippen molar-refractivity contribution in [1.29, 1.82) is 0 Å². The molecule has 0 fully saturated rings. The summed E-state index contributed by atoms with van der Waals surface area (Å²) in [4.78, 5) is 17.1. The number of rotatable bonds is 5. The molecule has 2 heterocycles. The Hall–Kier alpha value is -1.43. The van der Waals surface area contributed by atoms with Gasteiger partial charge in [0.25, 0.3) is 0 Å². The molecule has 2 rings (SSSR count). The van der Waals surface area contributed by atoms with E-state index in [0.29, 0.717) is 24.1 Å². The lowest BCUT2D eigenvalue weighted by Gasteiger charge is -2.06. The van der Waals surface area contributed by atoms with E-state index in [1.54, 1.807) is 25.3 Å². The molecule has 0 atom stereocenters. The molecule has 0 radical (unpaired) electrons. The number of hydrogen-bond acceptors (Lipinski definition) is 5. The van der Waals surface area contributed by atoms with Gasteiger partial charge in [-0.1, -0.05) is 11.6 Å². The van der Waals surface area contributed by atoms with E-state index in [1.165, 1.54) is 11.3 Å². The Balaban J connectivity index is 2.25. The first-order chi connectivity index (χ1) is 9.11. The summed E-state index contributed by atoms with van der Waals surface area (Å²) in [6, 6.07) is 5.46. The lowest BCUT2D eigenvalue weighted by Crippen LogP contribution is -2.11. The Morgan fingerprint density at radius 3 is 2.89 bits per heavy atom. The van der Waals surface area contributed by atoms with Crippen molar-refractivity contribution in [3.8, 4) is 16.3 Å². The molecule has 0 saturated heterocycles. The van der Waals surface area contributed by atoms with Gasteiger partial charge in [0.15, 0.2) is 5.78 Å². The molecule has 2 aromatic heterocycles. The molecule has 2 N–H and O–H groups in total. The lowest BCUT2D eigenvalue weighted by molar-refractivity contribution is 0.102. The number of nitrogens with zero attached hydrogens (tertiary/aromatic N) is 1. The number of nitrogens with two attached hydrogens (primary N) is 1. The van der Waals surface area contributed by atoms with Crippen LogP contribution in [0.25, 0.3) is 10.4 Å². The molecule has 0 spiro atoms. The van der Waals surface area contributed by atoms with Crippen molar-refractivity contribution in [2.24, 2.45) is 5.73 Å². The minimum Gasteiger partial charge on any atom is -0.475 e. The molecular weight excluding hydrogens is 284 g/mol. The monoisotopic (exact) mass is 296 g/mol. The van der Waals surface area contributed by atoms with Gasteiger partial charge in [0.05, 0.1) is 4.88 Å². The van der Waals surface area contributed by atoms with Gasteiger partial charge < -0.3 is 10.5 Å². The van der Waals surface area contributed by atoms with Crippen LogP contribution >= 0.6 is 22.9 Å². The molecule has 0 aliphatic carbocycles. The van der Waals surface area contributed by atoms with Crippen molar-refractivity contribution >= 4 is 28.7 Å². The van der Waals surface area contributed by atoms with Crippen LogP contribution in [0.4, 0.5) is 0 Å². The Morgan fingerprint density at radius 1 is 1.53 bits per heavy atom. The molecule has 0 amide bonds. The van der Waals surface area contributed by atoms with Crippen LogP contribution < -0.4 is 10.5 Å². The van der Waals surface area contributed by atoms with Crippen LogP contribution in [0.2, 0.25) is 5.02 Å². The number of carbonyl (C=O) groups excluding carboxylic acids is 1. The predicted molar refractivity (Wildman–Crippen MR) is 77.1 cm³/mol. The van der Waals surface area contributed by atoms with Crippen molar-refractivity contribution < 1.29 is 9.53 Å². The second-order valence-electron chi connectivity index (χ2n) is 3.87. The Kier molecular flexibility index (Phi) is 4.52. The third kappa shape index (κ3) is 3.32.